The Labute approximate surface area is 160 Å². The van der Waals surface area contributed by atoms with Crippen molar-refractivity contribution in [1.82, 2.24) is 4.98 Å². The number of hydrogen-bond acceptors (Lipinski definition) is 5. The fourth-order valence-corrected chi connectivity index (χ4v) is 3.10. The van der Waals surface area contributed by atoms with E-state index in [4.69, 9.17) is 10.5 Å². The highest BCUT2D eigenvalue weighted by Crippen LogP contribution is 2.32. The van der Waals surface area contributed by atoms with Crippen LogP contribution in [0.5, 0.6) is 5.88 Å². The molecule has 2 aromatic carbocycles. The molecule has 3 N–H and O–H groups in total. The third-order valence-corrected chi connectivity index (χ3v) is 4.92. The van der Waals surface area contributed by atoms with E-state index in [0.717, 1.165) is 16.8 Å². The molecule has 0 fully saturated rings. The Hall–Kier alpha value is -2.24. The van der Waals surface area contributed by atoms with Gasteiger partial charge in [0.1, 0.15) is 11.8 Å². The highest BCUT2D eigenvalue weighted by molar-refractivity contribution is 7.80. The molecule has 0 saturated carbocycles. The summed E-state index contributed by atoms with van der Waals surface area (Å²) in [5.41, 5.74) is 9.08. The molecule has 2 atom stereocenters. The fourth-order valence-electron chi connectivity index (χ4n) is 2.97. The van der Waals surface area contributed by atoms with E-state index in [2.05, 4.69) is 66.3 Å². The fraction of sp³-hybridized carbons (Fsp3) is 0.286. The zero-order valence-corrected chi connectivity index (χ0v) is 16.0. The van der Waals surface area contributed by atoms with Crippen LogP contribution in [0.2, 0.25) is 0 Å². The molecular formula is C21H25N3OS. The summed E-state index contributed by atoms with van der Waals surface area (Å²) in [5, 5.41) is 5.77. The van der Waals surface area contributed by atoms with Gasteiger partial charge in [-0.1, -0.05) is 42.5 Å². The highest BCUT2D eigenvalue weighted by Gasteiger charge is 2.16. The van der Waals surface area contributed by atoms with Crippen molar-refractivity contribution in [3.05, 3.63) is 65.9 Å². The number of nitrogens with two attached hydrogens (primary N) is 1. The molecule has 0 spiro atoms. The van der Waals surface area contributed by atoms with E-state index in [1.165, 1.54) is 10.8 Å². The quantitative estimate of drug-likeness (QED) is 0.543. The Balaban J connectivity index is 1.87. The minimum Gasteiger partial charge on any atom is -0.468 e. The van der Waals surface area contributed by atoms with Crippen LogP contribution < -0.4 is 15.8 Å². The Kier molecular flexibility index (Phi) is 6.01. The van der Waals surface area contributed by atoms with E-state index >= 15 is 0 Å². The maximum atomic E-state index is 6.25. The zero-order chi connectivity index (χ0) is 18.5. The maximum Gasteiger partial charge on any atom is 0.238 e. The first-order valence-electron chi connectivity index (χ1n) is 8.80. The normalized spacial score (nSPS) is 13.4. The van der Waals surface area contributed by atoms with Crippen LogP contribution in [0.1, 0.15) is 24.2 Å². The van der Waals surface area contributed by atoms with Gasteiger partial charge in [0.2, 0.25) is 5.88 Å². The minimum atomic E-state index is -0.130. The number of nitrogens with zero attached hydrogens (tertiary/aromatic N) is 1. The van der Waals surface area contributed by atoms with Crippen LogP contribution in [-0.4, -0.2) is 23.3 Å². The first-order valence-corrected chi connectivity index (χ1v) is 9.43. The van der Waals surface area contributed by atoms with Crippen molar-refractivity contribution in [2.75, 3.05) is 17.6 Å². The van der Waals surface area contributed by atoms with Crippen LogP contribution in [0.3, 0.4) is 0 Å². The first-order chi connectivity index (χ1) is 12.6. The van der Waals surface area contributed by atoms with Gasteiger partial charge in [-0.3, -0.25) is 0 Å². The highest BCUT2D eigenvalue weighted by atomic mass is 32.1. The molecule has 0 saturated heterocycles. The van der Waals surface area contributed by atoms with Gasteiger partial charge in [-0.2, -0.15) is 12.6 Å². The molecule has 4 nitrogen and oxygen atoms in total. The van der Waals surface area contributed by atoms with Gasteiger partial charge >= 0.3 is 0 Å². The number of nitrogens with one attached hydrogen (secondary N) is 1. The van der Waals surface area contributed by atoms with Crippen molar-refractivity contribution < 1.29 is 4.74 Å². The van der Waals surface area contributed by atoms with E-state index in [9.17, 15) is 0 Å². The average molecular weight is 368 g/mol. The summed E-state index contributed by atoms with van der Waals surface area (Å²) in [7, 11) is 0. The molecule has 0 aliphatic heterocycles. The Morgan fingerprint density at radius 3 is 2.73 bits per heavy atom. The van der Waals surface area contributed by atoms with Gasteiger partial charge < -0.3 is 15.8 Å². The second-order valence-corrected chi connectivity index (χ2v) is 6.83. The van der Waals surface area contributed by atoms with Crippen LogP contribution in [0.4, 0.5) is 5.69 Å². The molecule has 5 heteroatoms. The molecule has 2 unspecified atom stereocenters. The van der Waals surface area contributed by atoms with Gasteiger partial charge in [-0.05, 0) is 41.8 Å². The number of aromatic nitrogens is 1. The minimum absolute atomic E-state index is 0.0266. The third-order valence-electron chi connectivity index (χ3n) is 4.45. The van der Waals surface area contributed by atoms with Crippen molar-refractivity contribution >= 4 is 29.1 Å². The van der Waals surface area contributed by atoms with Crippen LogP contribution in [0.25, 0.3) is 10.8 Å². The van der Waals surface area contributed by atoms with Gasteiger partial charge in [-0.15, -0.1) is 0 Å². The maximum absolute atomic E-state index is 6.25. The number of rotatable bonds is 7. The van der Waals surface area contributed by atoms with Gasteiger partial charge in [0.05, 0.1) is 0 Å². The lowest BCUT2D eigenvalue weighted by Gasteiger charge is -2.21. The number of fused-ring (bicyclic) bond motifs is 1. The number of aryl methyl sites for hydroxylation is 1. The lowest BCUT2D eigenvalue weighted by Crippen LogP contribution is -2.31. The van der Waals surface area contributed by atoms with E-state index < -0.39 is 0 Å². The number of anilines is 1. The molecule has 3 rings (SSSR count). The third kappa shape index (κ3) is 4.11. The van der Waals surface area contributed by atoms with Crippen LogP contribution in [0.15, 0.2) is 54.7 Å². The van der Waals surface area contributed by atoms with E-state index in [1.807, 2.05) is 19.1 Å². The molecule has 3 aromatic rings. The predicted octanol–water partition coefficient (Wildman–Crippen LogP) is 4.35. The molecule has 26 heavy (non-hydrogen) atoms. The summed E-state index contributed by atoms with van der Waals surface area (Å²) < 4.78 is 6.25. The van der Waals surface area contributed by atoms with E-state index in [1.54, 1.807) is 6.20 Å². The molecule has 0 aliphatic rings. The summed E-state index contributed by atoms with van der Waals surface area (Å²) in [4.78, 5) is 4.44. The molecule has 0 bridgehead atoms. The molecule has 0 amide bonds. The van der Waals surface area contributed by atoms with Gasteiger partial charge in [-0.25, -0.2) is 4.98 Å². The number of ether oxygens (including phenoxy) is 1. The number of thiol groups is 1. The van der Waals surface area contributed by atoms with Crippen molar-refractivity contribution in [2.45, 2.75) is 26.0 Å². The van der Waals surface area contributed by atoms with Gasteiger partial charge in [0.15, 0.2) is 0 Å². The van der Waals surface area contributed by atoms with Crippen molar-refractivity contribution in [2.24, 2.45) is 5.73 Å². The van der Waals surface area contributed by atoms with Crippen molar-refractivity contribution in [3.63, 3.8) is 0 Å². The first kappa shape index (κ1) is 18.5. The topological polar surface area (TPSA) is 60.2 Å². The Morgan fingerprint density at radius 2 is 1.92 bits per heavy atom. The molecule has 0 radical (unpaired) electrons. The molecule has 1 heterocycles. The molecule has 0 aliphatic carbocycles. The van der Waals surface area contributed by atoms with Crippen LogP contribution in [-0.2, 0) is 0 Å². The van der Waals surface area contributed by atoms with Gasteiger partial charge in [0, 0.05) is 24.5 Å². The van der Waals surface area contributed by atoms with Crippen LogP contribution in [0, 0.1) is 6.92 Å². The number of pyridine rings is 1. The summed E-state index contributed by atoms with van der Waals surface area (Å²) in [6.07, 6.45) is 1.64. The smallest absolute Gasteiger partial charge is 0.238 e. The van der Waals surface area contributed by atoms with Crippen LogP contribution >= 0.6 is 12.6 Å². The second-order valence-electron chi connectivity index (χ2n) is 6.46. The summed E-state index contributed by atoms with van der Waals surface area (Å²) in [5.74, 6) is 1.21. The van der Waals surface area contributed by atoms with E-state index in [-0.39, 0.29) is 12.1 Å². The predicted molar refractivity (Wildman–Crippen MR) is 112 cm³/mol. The molecule has 1 aromatic heterocycles. The zero-order valence-electron chi connectivity index (χ0n) is 15.1. The summed E-state index contributed by atoms with van der Waals surface area (Å²) >= 11 is 4.24. The Morgan fingerprint density at radius 1 is 1.15 bits per heavy atom. The van der Waals surface area contributed by atoms with Gasteiger partial charge in [0.25, 0.3) is 0 Å². The Bertz CT molecular complexity index is 879. The standard InChI is InChI=1S/C21H25N3OS/c1-14-10-11-23-21(20(14)24-12-17(22)13-26)25-15(2)18-9-5-7-16-6-3-4-8-19(16)18/h3-11,15,17,24,26H,12-13,22H2,1-2H3. The SMILES string of the molecule is Cc1ccnc(OC(C)c2cccc3ccccc23)c1NCC(N)CS. The monoisotopic (exact) mass is 367 g/mol. The van der Waals surface area contributed by atoms with Crippen molar-refractivity contribution in [3.8, 4) is 5.88 Å². The summed E-state index contributed by atoms with van der Waals surface area (Å²) in [6.45, 7) is 4.70. The van der Waals surface area contributed by atoms with Crippen molar-refractivity contribution in [1.29, 1.82) is 0 Å². The average Bonchev–Trinajstić information content (AvgIpc) is 2.66. The molecular weight excluding hydrogens is 342 g/mol. The number of hydrogen-bond donors (Lipinski definition) is 3. The second kappa shape index (κ2) is 8.43. The number of benzene rings is 2. The molecule has 136 valence electrons. The lowest BCUT2D eigenvalue weighted by atomic mass is 10.0. The lowest BCUT2D eigenvalue weighted by molar-refractivity contribution is 0.220. The van der Waals surface area contributed by atoms with E-state index in [0.29, 0.717) is 18.2 Å². The largest absolute Gasteiger partial charge is 0.468 e. The summed E-state index contributed by atoms with van der Waals surface area (Å²) in [6, 6.07) is 16.6.